The van der Waals surface area contributed by atoms with Gasteiger partial charge in [-0.05, 0) is 36.3 Å². The molecular formula is C17H28N2. The van der Waals surface area contributed by atoms with Gasteiger partial charge in [-0.2, -0.15) is 0 Å². The molecule has 1 aliphatic rings. The third kappa shape index (κ3) is 3.37. The van der Waals surface area contributed by atoms with E-state index >= 15 is 0 Å². The van der Waals surface area contributed by atoms with Crippen molar-refractivity contribution in [2.24, 2.45) is 11.7 Å². The Morgan fingerprint density at radius 1 is 1.21 bits per heavy atom. The van der Waals surface area contributed by atoms with Gasteiger partial charge in [-0.3, -0.25) is 4.90 Å². The molecule has 2 heteroatoms. The molecule has 2 nitrogen and oxygen atoms in total. The topological polar surface area (TPSA) is 29.3 Å². The van der Waals surface area contributed by atoms with Gasteiger partial charge in [-0.15, -0.1) is 0 Å². The molecule has 1 saturated heterocycles. The number of rotatable bonds is 3. The number of likely N-dealkylation sites (tertiary alicyclic amines) is 1. The fourth-order valence-electron chi connectivity index (χ4n) is 2.94. The highest BCUT2D eigenvalue weighted by molar-refractivity contribution is 5.24. The van der Waals surface area contributed by atoms with E-state index in [1.165, 1.54) is 11.1 Å². The number of benzene rings is 1. The summed E-state index contributed by atoms with van der Waals surface area (Å²) < 4.78 is 0. The summed E-state index contributed by atoms with van der Waals surface area (Å²) >= 11 is 0. The smallest absolute Gasteiger partial charge is 0.0236 e. The lowest BCUT2D eigenvalue weighted by molar-refractivity contribution is 0.0910. The maximum absolute atomic E-state index is 6.15. The van der Waals surface area contributed by atoms with Crippen molar-refractivity contribution in [1.82, 2.24) is 4.90 Å². The van der Waals surface area contributed by atoms with E-state index in [0.717, 1.165) is 19.5 Å². The Kier molecular flexibility index (Phi) is 4.64. The average Bonchev–Trinajstić information content (AvgIpc) is 2.40. The number of hydrogen-bond acceptors (Lipinski definition) is 2. The van der Waals surface area contributed by atoms with Crippen LogP contribution < -0.4 is 5.73 Å². The third-order valence-electron chi connectivity index (χ3n) is 4.79. The van der Waals surface area contributed by atoms with Gasteiger partial charge in [0.25, 0.3) is 0 Å². The van der Waals surface area contributed by atoms with E-state index in [0.29, 0.717) is 23.9 Å². The lowest BCUT2D eigenvalue weighted by Crippen LogP contribution is -2.51. The molecule has 2 N–H and O–H groups in total. The molecule has 3 unspecified atom stereocenters. The summed E-state index contributed by atoms with van der Waals surface area (Å²) in [4.78, 5) is 2.57. The second-order valence-corrected chi connectivity index (χ2v) is 6.42. The van der Waals surface area contributed by atoms with E-state index in [9.17, 15) is 0 Å². The van der Waals surface area contributed by atoms with Gasteiger partial charge in [0.1, 0.15) is 0 Å². The van der Waals surface area contributed by atoms with Gasteiger partial charge in [-0.1, -0.05) is 45.0 Å². The molecule has 3 atom stereocenters. The molecule has 0 aromatic heterocycles. The molecule has 0 aliphatic carbocycles. The summed E-state index contributed by atoms with van der Waals surface area (Å²) in [7, 11) is 0. The van der Waals surface area contributed by atoms with E-state index in [1.54, 1.807) is 0 Å². The average molecular weight is 260 g/mol. The second-order valence-electron chi connectivity index (χ2n) is 6.42. The molecule has 1 aliphatic heterocycles. The van der Waals surface area contributed by atoms with Gasteiger partial charge in [-0.25, -0.2) is 0 Å². The molecule has 0 radical (unpaired) electrons. The fourth-order valence-corrected chi connectivity index (χ4v) is 2.94. The summed E-state index contributed by atoms with van der Waals surface area (Å²) in [6.45, 7) is 11.3. The van der Waals surface area contributed by atoms with E-state index in [4.69, 9.17) is 5.73 Å². The van der Waals surface area contributed by atoms with Crippen LogP contribution in [-0.4, -0.2) is 23.5 Å². The number of nitrogens with two attached hydrogens (primary N) is 1. The molecule has 1 heterocycles. The zero-order valence-electron chi connectivity index (χ0n) is 12.8. The van der Waals surface area contributed by atoms with Crippen molar-refractivity contribution in [3.63, 3.8) is 0 Å². The summed E-state index contributed by atoms with van der Waals surface area (Å²) in [6, 6.07) is 10.0. The Morgan fingerprint density at radius 3 is 2.42 bits per heavy atom. The standard InChI is InChI=1S/C17H28N2/c1-12(2)16-7-5-15(6-8-16)11-19-10-9-17(18)13(3)14(19)4/h5-8,12-14,17H,9-11,18H2,1-4H3. The van der Waals surface area contributed by atoms with E-state index in [2.05, 4.69) is 56.9 Å². The summed E-state index contributed by atoms with van der Waals surface area (Å²) in [5.74, 6) is 1.20. The van der Waals surface area contributed by atoms with Crippen molar-refractivity contribution in [2.75, 3.05) is 6.54 Å². The Balaban J connectivity index is 2.01. The summed E-state index contributed by atoms with van der Waals surface area (Å²) in [5, 5.41) is 0. The van der Waals surface area contributed by atoms with Crippen LogP contribution in [0, 0.1) is 5.92 Å². The molecule has 1 aromatic carbocycles. The maximum atomic E-state index is 6.15. The van der Waals surface area contributed by atoms with Crippen molar-refractivity contribution in [2.45, 2.75) is 58.7 Å². The van der Waals surface area contributed by atoms with Gasteiger partial charge in [0.2, 0.25) is 0 Å². The molecule has 2 rings (SSSR count). The number of hydrogen-bond donors (Lipinski definition) is 1. The largest absolute Gasteiger partial charge is 0.327 e. The van der Waals surface area contributed by atoms with Crippen LogP contribution in [0.4, 0.5) is 0 Å². The molecule has 1 aromatic rings. The second kappa shape index (κ2) is 6.06. The van der Waals surface area contributed by atoms with Gasteiger partial charge < -0.3 is 5.73 Å². The van der Waals surface area contributed by atoms with Crippen LogP contribution in [-0.2, 0) is 6.54 Å². The molecule has 19 heavy (non-hydrogen) atoms. The van der Waals surface area contributed by atoms with Gasteiger partial charge in [0, 0.05) is 25.2 Å². The highest BCUT2D eigenvalue weighted by Gasteiger charge is 2.29. The van der Waals surface area contributed by atoms with Crippen molar-refractivity contribution < 1.29 is 0 Å². The number of piperidine rings is 1. The highest BCUT2D eigenvalue weighted by Crippen LogP contribution is 2.24. The first-order chi connectivity index (χ1) is 8.99. The van der Waals surface area contributed by atoms with Gasteiger partial charge >= 0.3 is 0 Å². The minimum Gasteiger partial charge on any atom is -0.327 e. The minimum absolute atomic E-state index is 0.370. The van der Waals surface area contributed by atoms with Crippen LogP contribution in [0.3, 0.4) is 0 Å². The lowest BCUT2D eigenvalue weighted by Gasteiger charge is -2.41. The van der Waals surface area contributed by atoms with Crippen molar-refractivity contribution in [3.8, 4) is 0 Å². The lowest BCUT2D eigenvalue weighted by atomic mass is 9.87. The van der Waals surface area contributed by atoms with Crippen molar-refractivity contribution in [3.05, 3.63) is 35.4 Å². The molecule has 0 amide bonds. The molecule has 1 fully saturated rings. The first-order valence-electron chi connectivity index (χ1n) is 7.57. The van der Waals surface area contributed by atoms with Gasteiger partial charge in [0.15, 0.2) is 0 Å². The highest BCUT2D eigenvalue weighted by atomic mass is 15.2. The van der Waals surface area contributed by atoms with Crippen LogP contribution in [0.5, 0.6) is 0 Å². The monoisotopic (exact) mass is 260 g/mol. The van der Waals surface area contributed by atoms with E-state index in [-0.39, 0.29) is 0 Å². The van der Waals surface area contributed by atoms with Crippen LogP contribution in [0.2, 0.25) is 0 Å². The molecule has 0 saturated carbocycles. The quantitative estimate of drug-likeness (QED) is 0.903. The van der Waals surface area contributed by atoms with Crippen molar-refractivity contribution in [1.29, 1.82) is 0 Å². The zero-order valence-corrected chi connectivity index (χ0v) is 12.8. The number of nitrogens with zero attached hydrogens (tertiary/aromatic N) is 1. The van der Waals surface area contributed by atoms with Crippen LogP contribution >= 0.6 is 0 Å². The molecular weight excluding hydrogens is 232 g/mol. The summed E-state index contributed by atoms with van der Waals surface area (Å²) in [6.07, 6.45) is 1.12. The normalized spacial score (nSPS) is 28.8. The van der Waals surface area contributed by atoms with E-state index in [1.807, 2.05) is 0 Å². The SMILES string of the molecule is CC(C)c1ccc(CN2CCC(N)C(C)C2C)cc1. The van der Waals surface area contributed by atoms with Crippen LogP contribution in [0.25, 0.3) is 0 Å². The Hall–Kier alpha value is -0.860. The fraction of sp³-hybridized carbons (Fsp3) is 0.647. The molecule has 0 bridgehead atoms. The van der Waals surface area contributed by atoms with E-state index < -0.39 is 0 Å². The first kappa shape index (κ1) is 14.5. The summed E-state index contributed by atoms with van der Waals surface area (Å²) in [5.41, 5.74) is 8.99. The predicted molar refractivity (Wildman–Crippen MR) is 82.2 cm³/mol. The van der Waals surface area contributed by atoms with Crippen LogP contribution in [0.15, 0.2) is 24.3 Å². The third-order valence-corrected chi connectivity index (χ3v) is 4.79. The minimum atomic E-state index is 0.370. The Labute approximate surface area is 118 Å². The molecule has 0 spiro atoms. The van der Waals surface area contributed by atoms with Crippen molar-refractivity contribution >= 4 is 0 Å². The zero-order chi connectivity index (χ0) is 14.0. The molecule has 106 valence electrons. The van der Waals surface area contributed by atoms with Crippen LogP contribution in [0.1, 0.15) is 51.2 Å². The Bertz CT molecular complexity index is 396. The predicted octanol–water partition coefficient (Wildman–Crippen LogP) is 3.37. The first-order valence-corrected chi connectivity index (χ1v) is 7.57. The maximum Gasteiger partial charge on any atom is 0.0236 e. The Morgan fingerprint density at radius 2 is 1.84 bits per heavy atom. The van der Waals surface area contributed by atoms with Gasteiger partial charge in [0.05, 0.1) is 0 Å².